The topological polar surface area (TPSA) is 89.6 Å². The molecule has 3 aromatic rings. The van der Waals surface area contributed by atoms with Crippen LogP contribution in [-0.4, -0.2) is 59.2 Å². The highest BCUT2D eigenvalue weighted by Gasteiger charge is 2.27. The number of carbonyl (C=O) groups is 1. The molecule has 0 saturated carbocycles. The summed E-state index contributed by atoms with van der Waals surface area (Å²) in [7, 11) is 3.15. The third kappa shape index (κ3) is 3.71. The number of ether oxygens (including phenoxy) is 3. The molecule has 2 aromatic heterocycles. The number of amides is 1. The Balaban J connectivity index is 1.47. The van der Waals surface area contributed by atoms with Gasteiger partial charge in [-0.2, -0.15) is 4.98 Å². The highest BCUT2D eigenvalue weighted by atomic mass is 16.5. The summed E-state index contributed by atoms with van der Waals surface area (Å²) in [5.74, 6) is 1.51. The predicted molar refractivity (Wildman–Crippen MR) is 103 cm³/mol. The van der Waals surface area contributed by atoms with Gasteiger partial charge in [-0.05, 0) is 31.0 Å². The summed E-state index contributed by atoms with van der Waals surface area (Å²) in [6, 6.07) is 7.57. The summed E-state index contributed by atoms with van der Waals surface area (Å²) in [6.45, 7) is 1.19. The van der Waals surface area contributed by atoms with Crippen LogP contribution in [0.1, 0.15) is 23.3 Å². The van der Waals surface area contributed by atoms with E-state index in [4.69, 9.17) is 14.2 Å². The van der Waals surface area contributed by atoms with Crippen LogP contribution in [0.5, 0.6) is 17.5 Å². The SMILES string of the molecule is COc1ccc2cc(C(=O)N3CCC[C@H](Oc4cncc(OC)n4)C3)[nH]c2c1. The number of carbonyl (C=O) groups excluding carboxylic acids is 1. The van der Waals surface area contributed by atoms with Gasteiger partial charge in [-0.3, -0.25) is 9.78 Å². The van der Waals surface area contributed by atoms with Crippen molar-refractivity contribution < 1.29 is 19.0 Å². The van der Waals surface area contributed by atoms with E-state index in [1.165, 1.54) is 13.3 Å². The summed E-state index contributed by atoms with van der Waals surface area (Å²) in [5, 5.41) is 0.973. The van der Waals surface area contributed by atoms with E-state index in [0.717, 1.165) is 29.5 Å². The van der Waals surface area contributed by atoms with E-state index in [2.05, 4.69) is 15.0 Å². The molecule has 28 heavy (non-hydrogen) atoms. The Morgan fingerprint density at radius 3 is 2.86 bits per heavy atom. The number of benzene rings is 1. The van der Waals surface area contributed by atoms with E-state index in [1.807, 2.05) is 29.2 Å². The lowest BCUT2D eigenvalue weighted by Crippen LogP contribution is -2.44. The number of nitrogens with one attached hydrogen (secondary N) is 1. The van der Waals surface area contributed by atoms with Gasteiger partial charge in [0.15, 0.2) is 0 Å². The lowest BCUT2D eigenvalue weighted by atomic mass is 10.1. The second-order valence-corrected chi connectivity index (χ2v) is 6.67. The van der Waals surface area contributed by atoms with E-state index in [1.54, 1.807) is 13.3 Å². The molecule has 1 fully saturated rings. The van der Waals surface area contributed by atoms with Crippen LogP contribution in [0.2, 0.25) is 0 Å². The van der Waals surface area contributed by atoms with E-state index in [9.17, 15) is 4.79 Å². The highest BCUT2D eigenvalue weighted by Crippen LogP contribution is 2.24. The van der Waals surface area contributed by atoms with Crippen LogP contribution in [-0.2, 0) is 0 Å². The Bertz CT molecular complexity index is 987. The van der Waals surface area contributed by atoms with Crippen LogP contribution >= 0.6 is 0 Å². The monoisotopic (exact) mass is 382 g/mol. The predicted octanol–water partition coefficient (Wildman–Crippen LogP) is 2.66. The van der Waals surface area contributed by atoms with Gasteiger partial charge in [0.25, 0.3) is 5.91 Å². The van der Waals surface area contributed by atoms with Crippen molar-refractivity contribution in [3.8, 4) is 17.5 Å². The molecule has 1 aromatic carbocycles. The van der Waals surface area contributed by atoms with Gasteiger partial charge in [0, 0.05) is 23.5 Å². The molecule has 0 unspecified atom stereocenters. The fourth-order valence-corrected chi connectivity index (χ4v) is 3.39. The van der Waals surface area contributed by atoms with Gasteiger partial charge in [0.05, 0.1) is 33.2 Å². The number of hydrogen-bond acceptors (Lipinski definition) is 6. The molecule has 1 aliphatic heterocycles. The smallest absolute Gasteiger partial charge is 0.270 e. The Hall–Kier alpha value is -3.29. The summed E-state index contributed by atoms with van der Waals surface area (Å²) >= 11 is 0. The number of methoxy groups -OCH3 is 2. The minimum atomic E-state index is -0.136. The molecule has 8 heteroatoms. The number of aromatic nitrogens is 3. The first-order chi connectivity index (χ1) is 13.7. The standard InChI is InChI=1S/C20H22N4O4/c1-26-14-6-5-13-8-17(22-16(13)9-14)20(25)24-7-3-4-15(12-24)28-19-11-21-10-18(23-19)27-2/h5-6,8-11,15,22H,3-4,7,12H2,1-2H3/t15-/m0/s1. The molecule has 1 aliphatic rings. The van der Waals surface area contributed by atoms with Crippen LogP contribution in [0.3, 0.4) is 0 Å². The lowest BCUT2D eigenvalue weighted by molar-refractivity contribution is 0.0521. The van der Waals surface area contributed by atoms with Gasteiger partial charge < -0.3 is 24.1 Å². The highest BCUT2D eigenvalue weighted by molar-refractivity contribution is 5.98. The van der Waals surface area contributed by atoms with Crippen molar-refractivity contribution >= 4 is 16.8 Å². The average molecular weight is 382 g/mol. The lowest BCUT2D eigenvalue weighted by Gasteiger charge is -2.32. The second kappa shape index (κ2) is 7.75. The zero-order valence-electron chi connectivity index (χ0n) is 15.8. The summed E-state index contributed by atoms with van der Waals surface area (Å²) < 4.78 is 16.2. The van der Waals surface area contributed by atoms with Gasteiger partial charge in [0.2, 0.25) is 11.8 Å². The van der Waals surface area contributed by atoms with E-state index in [-0.39, 0.29) is 12.0 Å². The van der Waals surface area contributed by atoms with Gasteiger partial charge in [-0.15, -0.1) is 0 Å². The number of likely N-dealkylation sites (tertiary alicyclic amines) is 1. The van der Waals surface area contributed by atoms with Crippen LogP contribution in [0.25, 0.3) is 10.9 Å². The molecule has 3 heterocycles. The maximum Gasteiger partial charge on any atom is 0.270 e. The van der Waals surface area contributed by atoms with Crippen LogP contribution in [0.15, 0.2) is 36.7 Å². The first-order valence-corrected chi connectivity index (χ1v) is 9.15. The number of piperidine rings is 1. The minimum absolute atomic E-state index is 0.0415. The van der Waals surface area contributed by atoms with Crippen molar-refractivity contribution in [1.82, 2.24) is 19.9 Å². The quantitative estimate of drug-likeness (QED) is 0.730. The molecule has 0 spiro atoms. The minimum Gasteiger partial charge on any atom is -0.497 e. The Kier molecular flexibility index (Phi) is 5.01. The summed E-state index contributed by atoms with van der Waals surface area (Å²) in [6.07, 6.45) is 4.65. The van der Waals surface area contributed by atoms with Gasteiger partial charge in [-0.1, -0.05) is 0 Å². The third-order valence-corrected chi connectivity index (χ3v) is 4.81. The molecule has 4 rings (SSSR count). The van der Waals surface area contributed by atoms with Crippen molar-refractivity contribution in [3.63, 3.8) is 0 Å². The number of rotatable bonds is 5. The fraction of sp³-hybridized carbons (Fsp3) is 0.350. The second-order valence-electron chi connectivity index (χ2n) is 6.67. The van der Waals surface area contributed by atoms with Gasteiger partial charge in [-0.25, -0.2) is 0 Å². The van der Waals surface area contributed by atoms with Gasteiger partial charge in [0.1, 0.15) is 17.5 Å². The van der Waals surface area contributed by atoms with Crippen LogP contribution < -0.4 is 14.2 Å². The first-order valence-electron chi connectivity index (χ1n) is 9.15. The number of fused-ring (bicyclic) bond motifs is 1. The van der Waals surface area contributed by atoms with Crippen LogP contribution in [0, 0.1) is 0 Å². The largest absolute Gasteiger partial charge is 0.497 e. The van der Waals surface area contributed by atoms with Crippen LogP contribution in [0.4, 0.5) is 0 Å². The maximum atomic E-state index is 13.0. The number of H-pyrrole nitrogens is 1. The Morgan fingerprint density at radius 2 is 2.04 bits per heavy atom. The number of hydrogen-bond donors (Lipinski definition) is 1. The first kappa shape index (κ1) is 18.1. The van der Waals surface area contributed by atoms with Crippen molar-refractivity contribution in [3.05, 3.63) is 42.4 Å². The molecule has 0 aliphatic carbocycles. The molecule has 0 radical (unpaired) electrons. The third-order valence-electron chi connectivity index (χ3n) is 4.81. The van der Waals surface area contributed by atoms with E-state index < -0.39 is 0 Å². The molecule has 1 atom stereocenters. The molecule has 1 N–H and O–H groups in total. The molecule has 1 amide bonds. The summed E-state index contributed by atoms with van der Waals surface area (Å²) in [4.78, 5) is 26.3. The van der Waals surface area contributed by atoms with Crippen molar-refractivity contribution in [1.29, 1.82) is 0 Å². The zero-order valence-corrected chi connectivity index (χ0v) is 15.8. The molecule has 1 saturated heterocycles. The zero-order chi connectivity index (χ0) is 19.5. The number of aromatic amines is 1. The Morgan fingerprint density at radius 1 is 1.18 bits per heavy atom. The summed E-state index contributed by atoms with van der Waals surface area (Å²) in [5.41, 5.74) is 1.43. The number of nitrogens with zero attached hydrogens (tertiary/aromatic N) is 3. The molecular weight excluding hydrogens is 360 g/mol. The van der Waals surface area contributed by atoms with Crippen molar-refractivity contribution in [2.75, 3.05) is 27.3 Å². The van der Waals surface area contributed by atoms with E-state index in [0.29, 0.717) is 30.5 Å². The molecule has 8 nitrogen and oxygen atoms in total. The molecule has 0 bridgehead atoms. The normalized spacial score (nSPS) is 16.8. The molecular formula is C20H22N4O4. The Labute approximate surface area is 162 Å². The molecule has 146 valence electrons. The van der Waals surface area contributed by atoms with Crippen molar-refractivity contribution in [2.45, 2.75) is 18.9 Å². The van der Waals surface area contributed by atoms with Crippen molar-refractivity contribution in [2.24, 2.45) is 0 Å². The fourth-order valence-electron chi connectivity index (χ4n) is 3.39. The average Bonchev–Trinajstić information content (AvgIpc) is 3.16. The van der Waals surface area contributed by atoms with E-state index >= 15 is 0 Å². The maximum absolute atomic E-state index is 13.0. The van der Waals surface area contributed by atoms with Gasteiger partial charge >= 0.3 is 0 Å².